The van der Waals surface area contributed by atoms with E-state index in [1.807, 2.05) is 0 Å². The minimum atomic E-state index is 0.595. The summed E-state index contributed by atoms with van der Waals surface area (Å²) in [6.45, 7) is 2.81. The molecule has 0 saturated heterocycles. The summed E-state index contributed by atoms with van der Waals surface area (Å²) in [5.74, 6) is 1.04. The molecular weight excluding hydrogens is 190 g/mol. The summed E-state index contributed by atoms with van der Waals surface area (Å²) < 4.78 is 10.8. The van der Waals surface area contributed by atoms with E-state index in [9.17, 15) is 0 Å². The number of ether oxygens (including phenoxy) is 2. The lowest BCUT2D eigenvalue weighted by atomic mass is 10.1. The van der Waals surface area contributed by atoms with Crippen LogP contribution >= 0.6 is 0 Å². The van der Waals surface area contributed by atoms with E-state index in [0.717, 1.165) is 31.8 Å². The molecular formula is C12H17NO2. The summed E-state index contributed by atoms with van der Waals surface area (Å²) in [5, 5.41) is 0. The van der Waals surface area contributed by atoms with Gasteiger partial charge in [-0.2, -0.15) is 0 Å². The Morgan fingerprint density at radius 2 is 2.27 bits per heavy atom. The molecule has 0 spiro atoms. The van der Waals surface area contributed by atoms with Crippen molar-refractivity contribution in [3.05, 3.63) is 29.3 Å². The predicted molar refractivity (Wildman–Crippen MR) is 59.2 cm³/mol. The monoisotopic (exact) mass is 207 g/mol. The largest absolute Gasteiger partial charge is 0.493 e. The third-order valence-corrected chi connectivity index (χ3v) is 2.55. The zero-order valence-corrected chi connectivity index (χ0v) is 8.87. The molecule has 82 valence electrons. The SMILES string of the molecule is NCCOCCc1ccc2c(c1)CCO2. The van der Waals surface area contributed by atoms with Crippen LogP contribution in [-0.4, -0.2) is 26.4 Å². The van der Waals surface area contributed by atoms with Gasteiger partial charge in [-0.25, -0.2) is 0 Å². The van der Waals surface area contributed by atoms with E-state index in [1.165, 1.54) is 11.1 Å². The highest BCUT2D eigenvalue weighted by Gasteiger charge is 2.11. The highest BCUT2D eigenvalue weighted by molar-refractivity contribution is 5.39. The Balaban J connectivity index is 1.87. The zero-order valence-electron chi connectivity index (χ0n) is 8.87. The lowest BCUT2D eigenvalue weighted by molar-refractivity contribution is 0.144. The van der Waals surface area contributed by atoms with Crippen molar-refractivity contribution in [2.75, 3.05) is 26.4 Å². The fourth-order valence-corrected chi connectivity index (χ4v) is 1.77. The fraction of sp³-hybridized carbons (Fsp3) is 0.500. The van der Waals surface area contributed by atoms with Crippen molar-refractivity contribution < 1.29 is 9.47 Å². The van der Waals surface area contributed by atoms with Crippen molar-refractivity contribution in [3.63, 3.8) is 0 Å². The molecule has 0 aromatic heterocycles. The second-order valence-electron chi connectivity index (χ2n) is 3.69. The Kier molecular flexibility index (Phi) is 3.59. The zero-order chi connectivity index (χ0) is 10.5. The second kappa shape index (κ2) is 5.14. The van der Waals surface area contributed by atoms with Crippen LogP contribution in [0.25, 0.3) is 0 Å². The van der Waals surface area contributed by atoms with Crippen LogP contribution in [0.4, 0.5) is 0 Å². The van der Waals surface area contributed by atoms with Gasteiger partial charge in [-0.1, -0.05) is 12.1 Å². The van der Waals surface area contributed by atoms with Crippen LogP contribution in [-0.2, 0) is 17.6 Å². The Labute approximate surface area is 90.2 Å². The smallest absolute Gasteiger partial charge is 0.122 e. The van der Waals surface area contributed by atoms with Crippen molar-refractivity contribution in [1.29, 1.82) is 0 Å². The minimum absolute atomic E-state index is 0.595. The summed E-state index contributed by atoms with van der Waals surface area (Å²) in [4.78, 5) is 0. The first-order chi connectivity index (χ1) is 7.40. The first-order valence-corrected chi connectivity index (χ1v) is 5.42. The highest BCUT2D eigenvalue weighted by atomic mass is 16.5. The lowest BCUT2D eigenvalue weighted by Crippen LogP contribution is -2.10. The molecule has 1 aromatic carbocycles. The summed E-state index contributed by atoms with van der Waals surface area (Å²) in [6, 6.07) is 6.38. The third-order valence-electron chi connectivity index (χ3n) is 2.55. The molecule has 0 aliphatic carbocycles. The van der Waals surface area contributed by atoms with Crippen LogP contribution in [0.1, 0.15) is 11.1 Å². The average Bonchev–Trinajstić information content (AvgIpc) is 2.71. The van der Waals surface area contributed by atoms with Crippen LogP contribution in [0.5, 0.6) is 5.75 Å². The van der Waals surface area contributed by atoms with Crippen LogP contribution < -0.4 is 10.5 Å². The number of hydrogen-bond acceptors (Lipinski definition) is 3. The molecule has 1 aliphatic rings. The van der Waals surface area contributed by atoms with Crippen molar-refractivity contribution >= 4 is 0 Å². The van der Waals surface area contributed by atoms with E-state index in [4.69, 9.17) is 15.2 Å². The molecule has 0 unspecified atom stereocenters. The Hall–Kier alpha value is -1.06. The van der Waals surface area contributed by atoms with Gasteiger partial charge in [-0.15, -0.1) is 0 Å². The maximum atomic E-state index is 5.45. The summed E-state index contributed by atoms with van der Waals surface area (Å²) >= 11 is 0. The first-order valence-electron chi connectivity index (χ1n) is 5.42. The van der Waals surface area contributed by atoms with Gasteiger partial charge in [-0.05, 0) is 23.6 Å². The molecule has 2 N–H and O–H groups in total. The average molecular weight is 207 g/mol. The van der Waals surface area contributed by atoms with E-state index in [-0.39, 0.29) is 0 Å². The minimum Gasteiger partial charge on any atom is -0.493 e. The molecule has 0 saturated carbocycles. The van der Waals surface area contributed by atoms with Gasteiger partial charge in [0.25, 0.3) is 0 Å². The molecule has 1 heterocycles. The van der Waals surface area contributed by atoms with Crippen LogP contribution in [0.3, 0.4) is 0 Å². The van der Waals surface area contributed by atoms with Gasteiger partial charge in [0.05, 0.1) is 19.8 Å². The normalized spacial score (nSPS) is 13.7. The summed E-state index contributed by atoms with van der Waals surface area (Å²) in [5.41, 5.74) is 7.98. The number of hydrogen-bond donors (Lipinski definition) is 1. The van der Waals surface area contributed by atoms with Gasteiger partial charge in [0.2, 0.25) is 0 Å². The Morgan fingerprint density at radius 3 is 3.13 bits per heavy atom. The molecule has 1 aliphatic heterocycles. The highest BCUT2D eigenvalue weighted by Crippen LogP contribution is 2.25. The lowest BCUT2D eigenvalue weighted by Gasteiger charge is -2.04. The predicted octanol–water partition coefficient (Wildman–Crippen LogP) is 1.14. The molecule has 2 rings (SSSR count). The van der Waals surface area contributed by atoms with Gasteiger partial charge < -0.3 is 15.2 Å². The molecule has 0 atom stereocenters. The van der Waals surface area contributed by atoms with Crippen molar-refractivity contribution in [1.82, 2.24) is 0 Å². The van der Waals surface area contributed by atoms with Gasteiger partial charge >= 0.3 is 0 Å². The molecule has 0 radical (unpaired) electrons. The Morgan fingerprint density at radius 1 is 1.33 bits per heavy atom. The molecule has 15 heavy (non-hydrogen) atoms. The quantitative estimate of drug-likeness (QED) is 0.736. The van der Waals surface area contributed by atoms with Gasteiger partial charge in [0.15, 0.2) is 0 Å². The summed E-state index contributed by atoms with van der Waals surface area (Å²) in [6.07, 6.45) is 1.99. The fourth-order valence-electron chi connectivity index (χ4n) is 1.77. The van der Waals surface area contributed by atoms with Gasteiger partial charge in [-0.3, -0.25) is 0 Å². The van der Waals surface area contributed by atoms with E-state index < -0.39 is 0 Å². The standard InChI is InChI=1S/C12H17NO2/c13-5-8-14-6-3-10-1-2-12-11(9-10)4-7-15-12/h1-2,9H,3-8,13H2. The molecule has 0 fully saturated rings. The number of rotatable bonds is 5. The van der Waals surface area contributed by atoms with Gasteiger partial charge in [0, 0.05) is 13.0 Å². The van der Waals surface area contributed by atoms with E-state index in [0.29, 0.717) is 13.2 Å². The molecule has 0 bridgehead atoms. The van der Waals surface area contributed by atoms with Gasteiger partial charge in [0.1, 0.15) is 5.75 Å². The number of nitrogens with two attached hydrogens (primary N) is 1. The van der Waals surface area contributed by atoms with E-state index in [1.54, 1.807) is 0 Å². The topological polar surface area (TPSA) is 44.5 Å². The van der Waals surface area contributed by atoms with Crippen LogP contribution in [0.15, 0.2) is 18.2 Å². The van der Waals surface area contributed by atoms with E-state index in [2.05, 4.69) is 18.2 Å². The maximum absolute atomic E-state index is 5.45. The van der Waals surface area contributed by atoms with Crippen molar-refractivity contribution in [2.45, 2.75) is 12.8 Å². The number of fused-ring (bicyclic) bond motifs is 1. The summed E-state index contributed by atoms with van der Waals surface area (Å²) in [7, 11) is 0. The van der Waals surface area contributed by atoms with Crippen molar-refractivity contribution in [2.24, 2.45) is 5.73 Å². The van der Waals surface area contributed by atoms with Crippen LogP contribution in [0, 0.1) is 0 Å². The second-order valence-corrected chi connectivity index (χ2v) is 3.69. The van der Waals surface area contributed by atoms with Crippen LogP contribution in [0.2, 0.25) is 0 Å². The number of benzene rings is 1. The molecule has 3 nitrogen and oxygen atoms in total. The maximum Gasteiger partial charge on any atom is 0.122 e. The van der Waals surface area contributed by atoms with Crippen molar-refractivity contribution in [3.8, 4) is 5.75 Å². The molecule has 1 aromatic rings. The Bertz CT molecular complexity index is 325. The molecule has 0 amide bonds. The third kappa shape index (κ3) is 2.70. The van der Waals surface area contributed by atoms with E-state index >= 15 is 0 Å². The molecule has 3 heteroatoms. The first kappa shape index (κ1) is 10.5.